The van der Waals surface area contributed by atoms with Gasteiger partial charge in [-0.15, -0.1) is 0 Å². The van der Waals surface area contributed by atoms with Gasteiger partial charge in [0.25, 0.3) is 11.5 Å². The highest BCUT2D eigenvalue weighted by Crippen LogP contribution is 2.34. The number of fused-ring (bicyclic) bond motifs is 1. The van der Waals surface area contributed by atoms with Crippen LogP contribution in [0.1, 0.15) is 71.7 Å². The fourth-order valence-electron chi connectivity index (χ4n) is 4.67. The number of halogens is 1. The molecule has 0 aliphatic heterocycles. The molecule has 3 rings (SSSR count). The van der Waals surface area contributed by atoms with E-state index in [-0.39, 0.29) is 24.1 Å². The molecule has 2 heterocycles. The fraction of sp³-hybridized carbons (Fsp3) is 0.440. The summed E-state index contributed by atoms with van der Waals surface area (Å²) in [6.07, 6.45) is 2.32. The molecule has 1 aromatic carbocycles. The van der Waals surface area contributed by atoms with Crippen molar-refractivity contribution in [2.24, 2.45) is 16.2 Å². The predicted molar refractivity (Wildman–Crippen MR) is 137 cm³/mol. The molecule has 0 spiro atoms. The molecular formula is C25H33ClN6O2. The number of carbonyl (C=O) groups excluding carboxylic acids is 1. The van der Waals surface area contributed by atoms with Gasteiger partial charge in [0, 0.05) is 46.4 Å². The minimum atomic E-state index is -0.271. The van der Waals surface area contributed by atoms with Gasteiger partial charge in [-0.05, 0) is 63.4 Å². The van der Waals surface area contributed by atoms with E-state index in [0.29, 0.717) is 29.1 Å². The van der Waals surface area contributed by atoms with Crippen LogP contribution < -0.4 is 16.7 Å². The second-order valence-corrected chi connectivity index (χ2v) is 9.27. The van der Waals surface area contributed by atoms with E-state index in [4.69, 9.17) is 17.4 Å². The summed E-state index contributed by atoms with van der Waals surface area (Å²) in [6.45, 7) is 10.7. The molecule has 0 unspecified atom stereocenters. The minimum Gasteiger partial charge on any atom is -0.348 e. The standard InChI is InChI=1S/C25H33ClN6O2/c1-6-7-17-10-15(4)30-25(34)20(17)13-28-24(33)19-11-18(26)12-22-23(19)16(5)21(8-9-29-31-27)32(22)14(2)3/h10-12,14H,6-9,13H2,1-5H3,(H2,27,29)(H,28,33)(H,30,34). The number of benzene rings is 1. The van der Waals surface area contributed by atoms with Crippen molar-refractivity contribution in [3.63, 3.8) is 0 Å². The lowest BCUT2D eigenvalue weighted by Gasteiger charge is -2.15. The van der Waals surface area contributed by atoms with Gasteiger partial charge in [-0.3, -0.25) is 9.59 Å². The Morgan fingerprint density at radius 2 is 1.97 bits per heavy atom. The number of rotatable bonds is 9. The van der Waals surface area contributed by atoms with Crippen molar-refractivity contribution in [1.82, 2.24) is 14.9 Å². The highest BCUT2D eigenvalue weighted by molar-refractivity contribution is 6.32. The number of hydrogen-bond donors (Lipinski definition) is 3. The second-order valence-electron chi connectivity index (χ2n) is 8.83. The summed E-state index contributed by atoms with van der Waals surface area (Å²) in [5, 5.41) is 11.5. The van der Waals surface area contributed by atoms with Gasteiger partial charge >= 0.3 is 0 Å². The summed E-state index contributed by atoms with van der Waals surface area (Å²) in [6, 6.07) is 5.70. The van der Waals surface area contributed by atoms with Crippen molar-refractivity contribution < 1.29 is 4.79 Å². The van der Waals surface area contributed by atoms with Gasteiger partial charge in [0.1, 0.15) is 0 Å². The summed E-state index contributed by atoms with van der Waals surface area (Å²) in [5.41, 5.74) is 5.63. The number of pyridine rings is 1. The van der Waals surface area contributed by atoms with Crippen LogP contribution in [0.4, 0.5) is 0 Å². The molecule has 182 valence electrons. The van der Waals surface area contributed by atoms with Gasteiger partial charge in [0.2, 0.25) is 0 Å². The van der Waals surface area contributed by atoms with Crippen molar-refractivity contribution in [3.05, 3.63) is 67.2 Å². The summed E-state index contributed by atoms with van der Waals surface area (Å²) < 4.78 is 2.18. The van der Waals surface area contributed by atoms with E-state index in [2.05, 4.69) is 46.0 Å². The average molecular weight is 485 g/mol. The molecular weight excluding hydrogens is 452 g/mol. The molecule has 9 heteroatoms. The number of hydrogen-bond acceptors (Lipinski definition) is 4. The number of carbonyl (C=O) groups is 1. The van der Waals surface area contributed by atoms with Crippen molar-refractivity contribution in [3.8, 4) is 0 Å². The van der Waals surface area contributed by atoms with Crippen molar-refractivity contribution in [2.45, 2.75) is 66.5 Å². The molecule has 0 saturated carbocycles. The third-order valence-electron chi connectivity index (χ3n) is 6.04. The molecule has 3 aromatic rings. The zero-order valence-corrected chi connectivity index (χ0v) is 21.2. The molecule has 34 heavy (non-hydrogen) atoms. The van der Waals surface area contributed by atoms with E-state index in [0.717, 1.165) is 46.3 Å². The van der Waals surface area contributed by atoms with Crippen LogP contribution >= 0.6 is 11.6 Å². The fourth-order valence-corrected chi connectivity index (χ4v) is 4.88. The number of aryl methyl sites for hydroxylation is 3. The van der Waals surface area contributed by atoms with Crippen LogP contribution in [0.25, 0.3) is 10.9 Å². The number of H-pyrrole nitrogens is 1. The first-order valence-electron chi connectivity index (χ1n) is 11.6. The number of aromatic nitrogens is 2. The number of amides is 1. The zero-order valence-electron chi connectivity index (χ0n) is 20.5. The number of nitrogens with two attached hydrogens (primary N) is 1. The Labute approximate surface area is 204 Å². The summed E-state index contributed by atoms with van der Waals surface area (Å²) in [7, 11) is 0. The van der Waals surface area contributed by atoms with E-state index >= 15 is 0 Å². The van der Waals surface area contributed by atoms with Crippen LogP contribution in [0.5, 0.6) is 0 Å². The lowest BCUT2D eigenvalue weighted by molar-refractivity contribution is 0.0952. The van der Waals surface area contributed by atoms with Gasteiger partial charge in [-0.2, -0.15) is 5.11 Å². The van der Waals surface area contributed by atoms with Crippen molar-refractivity contribution >= 4 is 28.4 Å². The Morgan fingerprint density at radius 1 is 1.24 bits per heavy atom. The van der Waals surface area contributed by atoms with Gasteiger partial charge in [-0.25, -0.2) is 0 Å². The first kappa shape index (κ1) is 25.5. The molecule has 0 bridgehead atoms. The van der Waals surface area contributed by atoms with Gasteiger partial charge < -0.3 is 20.7 Å². The van der Waals surface area contributed by atoms with E-state index in [9.17, 15) is 9.59 Å². The minimum absolute atomic E-state index is 0.144. The smallest absolute Gasteiger partial charge is 0.253 e. The normalized spacial score (nSPS) is 11.7. The van der Waals surface area contributed by atoms with Crippen LogP contribution in [0.3, 0.4) is 0 Å². The maximum Gasteiger partial charge on any atom is 0.253 e. The van der Waals surface area contributed by atoms with Gasteiger partial charge in [0.05, 0.1) is 17.6 Å². The predicted octanol–water partition coefficient (Wildman–Crippen LogP) is 4.93. The molecule has 0 fully saturated rings. The van der Waals surface area contributed by atoms with Crippen LogP contribution in [-0.4, -0.2) is 22.0 Å². The SMILES string of the molecule is CCCc1cc(C)[nH]c(=O)c1CNC(=O)c1cc(Cl)cc2c1c(C)c(CCN=NN)n2C(C)C. The number of nitrogens with one attached hydrogen (secondary N) is 2. The van der Waals surface area contributed by atoms with E-state index in [1.807, 2.05) is 26.0 Å². The first-order valence-corrected chi connectivity index (χ1v) is 12.0. The summed E-state index contributed by atoms with van der Waals surface area (Å²) in [5.74, 6) is 4.90. The maximum atomic E-state index is 13.4. The largest absolute Gasteiger partial charge is 0.348 e. The van der Waals surface area contributed by atoms with Crippen molar-refractivity contribution in [2.75, 3.05) is 6.54 Å². The molecule has 4 N–H and O–H groups in total. The molecule has 8 nitrogen and oxygen atoms in total. The molecule has 1 amide bonds. The summed E-state index contributed by atoms with van der Waals surface area (Å²) >= 11 is 6.46. The van der Waals surface area contributed by atoms with E-state index < -0.39 is 0 Å². The van der Waals surface area contributed by atoms with Crippen LogP contribution in [0, 0.1) is 13.8 Å². The molecule has 0 atom stereocenters. The Kier molecular flexibility index (Phi) is 8.15. The molecule has 0 saturated heterocycles. The zero-order chi connectivity index (χ0) is 25.0. The third kappa shape index (κ3) is 5.17. The average Bonchev–Trinajstić information content (AvgIpc) is 3.04. The highest BCUT2D eigenvalue weighted by atomic mass is 35.5. The summed E-state index contributed by atoms with van der Waals surface area (Å²) in [4.78, 5) is 28.8. The van der Waals surface area contributed by atoms with Gasteiger partial charge in [-0.1, -0.05) is 30.2 Å². The third-order valence-corrected chi connectivity index (χ3v) is 6.26. The quantitative estimate of drug-likeness (QED) is 0.227. The first-order chi connectivity index (χ1) is 16.2. The Bertz CT molecular complexity index is 1290. The van der Waals surface area contributed by atoms with Crippen LogP contribution in [-0.2, 0) is 19.4 Å². The van der Waals surface area contributed by atoms with Crippen LogP contribution in [0.2, 0.25) is 5.02 Å². The molecule has 0 aliphatic carbocycles. The maximum absolute atomic E-state index is 13.4. The van der Waals surface area contributed by atoms with E-state index in [1.165, 1.54) is 0 Å². The van der Waals surface area contributed by atoms with Gasteiger partial charge in [0.15, 0.2) is 0 Å². The topological polar surface area (TPSA) is 118 Å². The monoisotopic (exact) mass is 484 g/mol. The molecule has 0 aliphatic rings. The van der Waals surface area contributed by atoms with E-state index in [1.54, 1.807) is 6.07 Å². The lowest BCUT2D eigenvalue weighted by atomic mass is 10.0. The second kappa shape index (κ2) is 10.9. The Morgan fingerprint density at radius 3 is 2.62 bits per heavy atom. The lowest BCUT2D eigenvalue weighted by Crippen LogP contribution is -2.28. The van der Waals surface area contributed by atoms with Crippen LogP contribution in [0.15, 0.2) is 33.3 Å². The number of nitrogens with zero attached hydrogens (tertiary/aromatic N) is 3. The molecule has 2 aromatic heterocycles. The Hall–Kier alpha value is -3.13. The Balaban J connectivity index is 2.04. The highest BCUT2D eigenvalue weighted by Gasteiger charge is 2.22. The van der Waals surface area contributed by atoms with Crippen molar-refractivity contribution in [1.29, 1.82) is 0 Å². The number of aromatic amines is 1. The molecule has 0 radical (unpaired) electrons.